The van der Waals surface area contributed by atoms with Gasteiger partial charge in [0.15, 0.2) is 0 Å². The average molecular weight is 325 g/mol. The second kappa shape index (κ2) is 8.87. The van der Waals surface area contributed by atoms with Crippen molar-refractivity contribution in [2.24, 2.45) is 0 Å². The molecule has 2 aromatic carbocycles. The second-order valence-electron chi connectivity index (χ2n) is 5.96. The molecule has 1 amide bonds. The molecule has 0 aliphatic rings. The van der Waals surface area contributed by atoms with Crippen LogP contribution in [0.5, 0.6) is 0 Å². The summed E-state index contributed by atoms with van der Waals surface area (Å²) in [5, 5.41) is 12.1. The molecule has 0 fully saturated rings. The summed E-state index contributed by atoms with van der Waals surface area (Å²) in [5.41, 5.74) is 1.90. The summed E-state index contributed by atoms with van der Waals surface area (Å²) in [4.78, 5) is 23.4. The van der Waals surface area contributed by atoms with Crippen molar-refractivity contribution in [3.05, 3.63) is 71.8 Å². The van der Waals surface area contributed by atoms with Crippen molar-refractivity contribution in [3.63, 3.8) is 0 Å². The van der Waals surface area contributed by atoms with Gasteiger partial charge < -0.3 is 10.4 Å². The number of benzene rings is 2. The van der Waals surface area contributed by atoms with E-state index in [0.717, 1.165) is 6.42 Å². The van der Waals surface area contributed by atoms with Gasteiger partial charge >= 0.3 is 5.97 Å². The Morgan fingerprint density at radius 1 is 0.958 bits per heavy atom. The molecule has 0 saturated carbocycles. The molecule has 4 nitrogen and oxygen atoms in total. The Labute approximate surface area is 142 Å². The first-order valence-electron chi connectivity index (χ1n) is 8.17. The summed E-state index contributed by atoms with van der Waals surface area (Å²) < 4.78 is 0. The number of carboxylic acid groups (broad SMARTS) is 1. The van der Waals surface area contributed by atoms with Crippen LogP contribution in [-0.2, 0) is 9.59 Å². The van der Waals surface area contributed by atoms with Gasteiger partial charge in [-0.15, -0.1) is 0 Å². The van der Waals surface area contributed by atoms with E-state index in [0.29, 0.717) is 17.9 Å². The molecule has 0 aliphatic carbocycles. The number of carbonyl (C=O) groups is 2. The van der Waals surface area contributed by atoms with Gasteiger partial charge in [0.1, 0.15) is 0 Å². The Hall–Kier alpha value is -2.62. The van der Waals surface area contributed by atoms with E-state index in [9.17, 15) is 14.7 Å². The van der Waals surface area contributed by atoms with Crippen LogP contribution in [0.1, 0.15) is 42.7 Å². The third-order valence-electron chi connectivity index (χ3n) is 4.18. The van der Waals surface area contributed by atoms with E-state index in [4.69, 9.17) is 0 Å². The van der Waals surface area contributed by atoms with Crippen LogP contribution in [0.15, 0.2) is 60.7 Å². The molecule has 0 heterocycles. The maximum atomic E-state index is 12.0. The van der Waals surface area contributed by atoms with Gasteiger partial charge in [-0.25, -0.2) is 0 Å². The number of amides is 1. The van der Waals surface area contributed by atoms with E-state index in [1.54, 1.807) is 24.3 Å². The van der Waals surface area contributed by atoms with Gasteiger partial charge in [0, 0.05) is 13.0 Å². The first-order valence-corrected chi connectivity index (χ1v) is 8.17. The van der Waals surface area contributed by atoms with Gasteiger partial charge in [-0.1, -0.05) is 67.6 Å². The summed E-state index contributed by atoms with van der Waals surface area (Å²) in [6.45, 7) is 2.20. The molecule has 0 aromatic heterocycles. The molecule has 2 unspecified atom stereocenters. The lowest BCUT2D eigenvalue weighted by molar-refractivity contribution is -0.138. The number of carboxylic acids is 1. The molecule has 0 aliphatic heterocycles. The van der Waals surface area contributed by atoms with Gasteiger partial charge in [-0.3, -0.25) is 9.59 Å². The summed E-state index contributed by atoms with van der Waals surface area (Å²) in [5.74, 6) is -1.47. The maximum absolute atomic E-state index is 12.0. The quantitative estimate of drug-likeness (QED) is 0.780. The fourth-order valence-corrected chi connectivity index (χ4v) is 2.63. The number of hydrogen-bond acceptors (Lipinski definition) is 2. The van der Waals surface area contributed by atoms with E-state index < -0.39 is 11.9 Å². The van der Waals surface area contributed by atoms with Gasteiger partial charge in [0.2, 0.25) is 5.91 Å². The molecule has 24 heavy (non-hydrogen) atoms. The van der Waals surface area contributed by atoms with E-state index in [1.165, 1.54) is 5.56 Å². The van der Waals surface area contributed by atoms with E-state index in [2.05, 4.69) is 24.4 Å². The highest BCUT2D eigenvalue weighted by Crippen LogP contribution is 2.20. The highest BCUT2D eigenvalue weighted by atomic mass is 16.4. The highest BCUT2D eigenvalue weighted by molar-refractivity contribution is 5.79. The summed E-state index contributed by atoms with van der Waals surface area (Å²) in [6.07, 6.45) is 1.12. The Balaban J connectivity index is 1.82. The zero-order valence-corrected chi connectivity index (χ0v) is 13.8. The molecule has 0 bridgehead atoms. The normalized spacial score (nSPS) is 13.0. The molecule has 126 valence electrons. The summed E-state index contributed by atoms with van der Waals surface area (Å²) >= 11 is 0. The lowest BCUT2D eigenvalue weighted by Crippen LogP contribution is -2.31. The average Bonchev–Trinajstić information content (AvgIpc) is 2.61. The predicted octanol–water partition coefficient (Wildman–Crippen LogP) is 3.55. The van der Waals surface area contributed by atoms with Crippen molar-refractivity contribution in [2.45, 2.75) is 31.6 Å². The predicted molar refractivity (Wildman–Crippen MR) is 93.9 cm³/mol. The van der Waals surface area contributed by atoms with Gasteiger partial charge in [0.05, 0.1) is 5.92 Å². The molecule has 0 saturated heterocycles. The zero-order valence-electron chi connectivity index (χ0n) is 13.8. The minimum absolute atomic E-state index is 0.109. The van der Waals surface area contributed by atoms with Gasteiger partial charge in [0.25, 0.3) is 0 Å². The monoisotopic (exact) mass is 325 g/mol. The number of aliphatic carboxylic acids is 1. The van der Waals surface area contributed by atoms with Gasteiger partial charge in [-0.2, -0.15) is 0 Å². The standard InChI is InChI=1S/C20H23NO3/c1-15(16-8-4-2-5-9-16)12-13-19(22)21-14-18(20(23)24)17-10-6-3-7-11-17/h2-11,15,18H,12-14H2,1H3,(H,21,22)(H,23,24). The third kappa shape index (κ3) is 5.23. The SMILES string of the molecule is CC(CCC(=O)NCC(C(=O)O)c1ccccc1)c1ccccc1. The van der Waals surface area contributed by atoms with E-state index in [1.807, 2.05) is 24.3 Å². The first kappa shape index (κ1) is 17.7. The Morgan fingerprint density at radius 2 is 1.50 bits per heavy atom. The van der Waals surface area contributed by atoms with Crippen LogP contribution in [0.3, 0.4) is 0 Å². The Morgan fingerprint density at radius 3 is 2.04 bits per heavy atom. The van der Waals surface area contributed by atoms with Crippen molar-refractivity contribution < 1.29 is 14.7 Å². The molecular formula is C20H23NO3. The van der Waals surface area contributed by atoms with Crippen LogP contribution in [-0.4, -0.2) is 23.5 Å². The van der Waals surface area contributed by atoms with Crippen LogP contribution < -0.4 is 5.32 Å². The number of hydrogen-bond donors (Lipinski definition) is 2. The third-order valence-corrected chi connectivity index (χ3v) is 4.18. The van der Waals surface area contributed by atoms with Crippen LogP contribution >= 0.6 is 0 Å². The largest absolute Gasteiger partial charge is 0.481 e. The molecule has 2 N–H and O–H groups in total. The molecule has 0 spiro atoms. The molecular weight excluding hydrogens is 302 g/mol. The second-order valence-corrected chi connectivity index (χ2v) is 5.96. The minimum atomic E-state index is -0.931. The number of rotatable bonds is 8. The van der Waals surface area contributed by atoms with Crippen LogP contribution in [0, 0.1) is 0 Å². The molecule has 4 heteroatoms. The fraction of sp³-hybridized carbons (Fsp3) is 0.300. The van der Waals surface area contributed by atoms with E-state index in [-0.39, 0.29) is 12.5 Å². The molecule has 2 atom stereocenters. The van der Waals surface area contributed by atoms with Crippen LogP contribution in [0.25, 0.3) is 0 Å². The van der Waals surface area contributed by atoms with Gasteiger partial charge in [-0.05, 0) is 23.5 Å². The lowest BCUT2D eigenvalue weighted by Gasteiger charge is -2.15. The zero-order chi connectivity index (χ0) is 17.4. The maximum Gasteiger partial charge on any atom is 0.312 e. The number of nitrogens with one attached hydrogen (secondary N) is 1. The fourth-order valence-electron chi connectivity index (χ4n) is 2.63. The summed E-state index contributed by atoms with van der Waals surface area (Å²) in [7, 11) is 0. The van der Waals surface area contributed by atoms with Crippen molar-refractivity contribution in [1.29, 1.82) is 0 Å². The van der Waals surface area contributed by atoms with Crippen molar-refractivity contribution in [2.75, 3.05) is 6.54 Å². The molecule has 2 rings (SSSR count). The molecule has 2 aromatic rings. The summed E-state index contributed by atoms with van der Waals surface area (Å²) in [6, 6.07) is 19.0. The first-order chi connectivity index (χ1) is 11.6. The lowest BCUT2D eigenvalue weighted by atomic mass is 9.96. The van der Waals surface area contributed by atoms with E-state index >= 15 is 0 Å². The Kier molecular flexibility index (Phi) is 6.55. The molecule has 0 radical (unpaired) electrons. The van der Waals surface area contributed by atoms with Crippen molar-refractivity contribution in [3.8, 4) is 0 Å². The van der Waals surface area contributed by atoms with Crippen molar-refractivity contribution in [1.82, 2.24) is 5.32 Å². The van der Waals surface area contributed by atoms with Crippen LogP contribution in [0.2, 0.25) is 0 Å². The van der Waals surface area contributed by atoms with Crippen LogP contribution in [0.4, 0.5) is 0 Å². The topological polar surface area (TPSA) is 66.4 Å². The smallest absolute Gasteiger partial charge is 0.312 e. The van der Waals surface area contributed by atoms with Crippen molar-refractivity contribution >= 4 is 11.9 Å². The number of carbonyl (C=O) groups excluding carboxylic acids is 1. The Bertz CT molecular complexity index is 655. The highest BCUT2D eigenvalue weighted by Gasteiger charge is 2.20. The minimum Gasteiger partial charge on any atom is -0.481 e.